The molecule has 27 heavy (non-hydrogen) atoms. The van der Waals surface area contributed by atoms with Crippen LogP contribution in [-0.4, -0.2) is 10.8 Å². The Balaban J connectivity index is 1.51. The number of carbonyl (C=O) groups excluding carboxylic acids is 1. The summed E-state index contributed by atoms with van der Waals surface area (Å²) >= 11 is 0. The Hall–Kier alpha value is -3.87. The molecule has 7 nitrogen and oxygen atoms in total. The summed E-state index contributed by atoms with van der Waals surface area (Å²) in [6.07, 6.45) is 2.60. The Morgan fingerprint density at radius 3 is 2.48 bits per heavy atom. The Morgan fingerprint density at radius 2 is 1.81 bits per heavy atom. The van der Waals surface area contributed by atoms with E-state index in [1.807, 2.05) is 30.3 Å². The SMILES string of the molecule is O=C(/C=C/c1ccc([N+](=O)[O-])o1)Nc1ccc(OCc2ccccc2)cc1. The van der Waals surface area contributed by atoms with Crippen molar-refractivity contribution in [3.05, 3.63) is 94.2 Å². The van der Waals surface area contributed by atoms with E-state index in [0.29, 0.717) is 18.0 Å². The van der Waals surface area contributed by atoms with E-state index in [0.717, 1.165) is 5.56 Å². The third-order valence-electron chi connectivity index (χ3n) is 3.56. The predicted octanol–water partition coefficient (Wildman–Crippen LogP) is 4.42. The second-order valence-corrected chi connectivity index (χ2v) is 5.55. The normalized spacial score (nSPS) is 10.7. The van der Waals surface area contributed by atoms with Gasteiger partial charge in [-0.1, -0.05) is 30.3 Å². The molecule has 136 valence electrons. The highest BCUT2D eigenvalue weighted by Crippen LogP contribution is 2.18. The second kappa shape index (κ2) is 8.48. The maximum atomic E-state index is 11.9. The molecule has 3 rings (SSSR count). The zero-order valence-corrected chi connectivity index (χ0v) is 14.2. The molecule has 0 aliphatic carbocycles. The van der Waals surface area contributed by atoms with Gasteiger partial charge in [0, 0.05) is 11.8 Å². The summed E-state index contributed by atoms with van der Waals surface area (Å²) in [7, 11) is 0. The van der Waals surface area contributed by atoms with Crippen LogP contribution in [0, 0.1) is 10.1 Å². The van der Waals surface area contributed by atoms with Gasteiger partial charge in [-0.25, -0.2) is 0 Å². The quantitative estimate of drug-likeness (QED) is 0.380. The van der Waals surface area contributed by atoms with Crippen molar-refractivity contribution in [2.75, 3.05) is 5.32 Å². The van der Waals surface area contributed by atoms with Crippen LogP contribution < -0.4 is 10.1 Å². The first kappa shape index (κ1) is 17.9. The molecule has 1 N–H and O–H groups in total. The van der Waals surface area contributed by atoms with Crippen molar-refractivity contribution in [2.24, 2.45) is 0 Å². The first-order valence-electron chi connectivity index (χ1n) is 8.10. The van der Waals surface area contributed by atoms with Crippen molar-refractivity contribution in [1.82, 2.24) is 0 Å². The summed E-state index contributed by atoms with van der Waals surface area (Å²) in [6, 6.07) is 19.4. The van der Waals surface area contributed by atoms with Crippen LogP contribution in [0.15, 0.2) is 77.2 Å². The Morgan fingerprint density at radius 1 is 1.07 bits per heavy atom. The number of benzene rings is 2. The molecule has 0 aliphatic heterocycles. The highest BCUT2D eigenvalue weighted by molar-refractivity contribution is 6.01. The largest absolute Gasteiger partial charge is 0.489 e. The van der Waals surface area contributed by atoms with Gasteiger partial charge in [0.25, 0.3) is 0 Å². The van der Waals surface area contributed by atoms with Crippen molar-refractivity contribution in [3.63, 3.8) is 0 Å². The highest BCUT2D eigenvalue weighted by Gasteiger charge is 2.10. The number of nitro groups is 1. The van der Waals surface area contributed by atoms with Gasteiger partial charge < -0.3 is 14.5 Å². The first-order chi connectivity index (χ1) is 13.1. The number of anilines is 1. The monoisotopic (exact) mass is 364 g/mol. The fraction of sp³-hybridized carbons (Fsp3) is 0.0500. The zero-order chi connectivity index (χ0) is 19.1. The average molecular weight is 364 g/mol. The fourth-order valence-electron chi connectivity index (χ4n) is 2.25. The fourth-order valence-corrected chi connectivity index (χ4v) is 2.25. The molecule has 0 bridgehead atoms. The van der Waals surface area contributed by atoms with E-state index in [-0.39, 0.29) is 17.6 Å². The summed E-state index contributed by atoms with van der Waals surface area (Å²) < 4.78 is 10.6. The van der Waals surface area contributed by atoms with E-state index >= 15 is 0 Å². The van der Waals surface area contributed by atoms with E-state index in [9.17, 15) is 14.9 Å². The van der Waals surface area contributed by atoms with Gasteiger partial charge >= 0.3 is 5.88 Å². The number of furan rings is 1. The van der Waals surface area contributed by atoms with Gasteiger partial charge in [-0.2, -0.15) is 0 Å². The molecule has 0 unspecified atom stereocenters. The topological polar surface area (TPSA) is 94.6 Å². The molecular weight excluding hydrogens is 348 g/mol. The molecule has 3 aromatic rings. The molecule has 2 aromatic carbocycles. The number of nitrogens with zero attached hydrogens (tertiary/aromatic N) is 1. The zero-order valence-electron chi connectivity index (χ0n) is 14.2. The summed E-state index contributed by atoms with van der Waals surface area (Å²) in [5, 5.41) is 13.2. The molecule has 1 heterocycles. The van der Waals surface area contributed by atoms with Crippen molar-refractivity contribution in [2.45, 2.75) is 6.61 Å². The van der Waals surface area contributed by atoms with Crippen molar-refractivity contribution in [3.8, 4) is 5.75 Å². The van der Waals surface area contributed by atoms with E-state index in [2.05, 4.69) is 5.32 Å². The minimum Gasteiger partial charge on any atom is -0.489 e. The van der Waals surface area contributed by atoms with Gasteiger partial charge in [0.2, 0.25) is 5.91 Å². The lowest BCUT2D eigenvalue weighted by Crippen LogP contribution is -2.07. The van der Waals surface area contributed by atoms with Crippen LogP contribution in [0.5, 0.6) is 5.75 Å². The van der Waals surface area contributed by atoms with Crippen LogP contribution >= 0.6 is 0 Å². The van der Waals surface area contributed by atoms with E-state index in [1.165, 1.54) is 24.3 Å². The molecule has 1 amide bonds. The van der Waals surface area contributed by atoms with E-state index in [1.54, 1.807) is 24.3 Å². The molecule has 7 heteroatoms. The average Bonchev–Trinajstić information content (AvgIpc) is 3.16. The predicted molar refractivity (Wildman–Crippen MR) is 100 cm³/mol. The molecule has 0 spiro atoms. The smallest absolute Gasteiger partial charge is 0.433 e. The number of carbonyl (C=O) groups is 1. The standard InChI is InChI=1S/C20H16N2O5/c23-19(12-10-18-11-13-20(27-18)22(24)25)21-16-6-8-17(9-7-16)26-14-15-4-2-1-3-5-15/h1-13H,14H2,(H,21,23)/b12-10+. The van der Waals surface area contributed by atoms with Gasteiger partial charge in [-0.3, -0.25) is 14.9 Å². The third-order valence-corrected chi connectivity index (χ3v) is 3.56. The molecule has 0 fully saturated rings. The number of amides is 1. The molecular formula is C20H16N2O5. The molecule has 0 aliphatic rings. The van der Waals surface area contributed by atoms with Crippen LogP contribution in [0.3, 0.4) is 0 Å². The third kappa shape index (κ3) is 5.30. The van der Waals surface area contributed by atoms with Crippen LogP contribution in [0.2, 0.25) is 0 Å². The van der Waals surface area contributed by atoms with Crippen molar-refractivity contribution >= 4 is 23.6 Å². The van der Waals surface area contributed by atoms with Gasteiger partial charge in [-0.05, 0) is 42.0 Å². The molecule has 1 aromatic heterocycles. The lowest BCUT2D eigenvalue weighted by molar-refractivity contribution is -0.402. The first-order valence-corrected chi connectivity index (χ1v) is 8.10. The minimum absolute atomic E-state index is 0.224. The summed E-state index contributed by atoms with van der Waals surface area (Å²) in [5.74, 6) is 0.157. The van der Waals surface area contributed by atoms with Gasteiger partial charge in [0.1, 0.15) is 23.0 Å². The van der Waals surface area contributed by atoms with Crippen LogP contribution in [0.1, 0.15) is 11.3 Å². The highest BCUT2D eigenvalue weighted by atomic mass is 16.6. The maximum absolute atomic E-state index is 11.9. The summed E-state index contributed by atoms with van der Waals surface area (Å²) in [6.45, 7) is 0.463. The van der Waals surface area contributed by atoms with Gasteiger partial charge in [0.05, 0.1) is 6.07 Å². The molecule has 0 saturated heterocycles. The molecule has 0 atom stereocenters. The second-order valence-electron chi connectivity index (χ2n) is 5.55. The molecule has 0 saturated carbocycles. The number of ether oxygens (including phenoxy) is 1. The van der Waals surface area contributed by atoms with E-state index < -0.39 is 4.92 Å². The van der Waals surface area contributed by atoms with Crippen LogP contribution in [-0.2, 0) is 11.4 Å². The number of hydrogen-bond acceptors (Lipinski definition) is 5. The number of hydrogen-bond donors (Lipinski definition) is 1. The lowest BCUT2D eigenvalue weighted by atomic mass is 10.2. The Bertz CT molecular complexity index is 946. The summed E-state index contributed by atoms with van der Waals surface area (Å²) in [5.41, 5.74) is 1.67. The van der Waals surface area contributed by atoms with Crippen LogP contribution in [0.4, 0.5) is 11.6 Å². The number of rotatable bonds is 7. The molecule has 0 radical (unpaired) electrons. The number of nitrogens with one attached hydrogen (secondary N) is 1. The Kier molecular flexibility index (Phi) is 5.64. The van der Waals surface area contributed by atoms with Gasteiger partial charge in [0.15, 0.2) is 0 Å². The minimum atomic E-state index is -0.640. The maximum Gasteiger partial charge on any atom is 0.433 e. The van der Waals surface area contributed by atoms with Crippen molar-refractivity contribution in [1.29, 1.82) is 0 Å². The van der Waals surface area contributed by atoms with Gasteiger partial charge in [-0.15, -0.1) is 0 Å². The lowest BCUT2D eigenvalue weighted by Gasteiger charge is -2.07. The van der Waals surface area contributed by atoms with E-state index in [4.69, 9.17) is 9.15 Å². The van der Waals surface area contributed by atoms with Crippen molar-refractivity contribution < 1.29 is 18.9 Å². The van der Waals surface area contributed by atoms with Crippen LogP contribution in [0.25, 0.3) is 6.08 Å². The Labute approximate surface area is 155 Å². The summed E-state index contributed by atoms with van der Waals surface area (Å²) in [4.78, 5) is 21.8.